The zero-order valence-corrected chi connectivity index (χ0v) is 18.4. The number of sulfone groups is 1. The number of alkyl carbamates (subject to hydrolysis) is 1. The Labute approximate surface area is 187 Å². The van der Waals surface area contributed by atoms with Crippen LogP contribution in [0.2, 0.25) is 0 Å². The Hall–Kier alpha value is -2.91. The first-order chi connectivity index (χ1) is 15.4. The maximum absolute atomic E-state index is 12.8. The van der Waals surface area contributed by atoms with Crippen LogP contribution in [0.3, 0.4) is 0 Å². The Bertz CT molecular complexity index is 1060. The third kappa shape index (κ3) is 4.63. The zero-order valence-electron chi connectivity index (χ0n) is 17.6. The summed E-state index contributed by atoms with van der Waals surface area (Å²) < 4.78 is 28.7. The summed E-state index contributed by atoms with van der Waals surface area (Å²) in [7, 11) is -3.13. The standard InChI is InChI=1S/C23H26N2O6S/c26-12-9-21(22(27)25-10-13-32(29,30)14-11-25)24-23(28)31-15-20-18-7-3-1-5-16(18)17-6-2-4-8-19(17)20/h1-8,20-21,26H,9-15H2,(H,24,28)/t21-/m0/s1. The van der Waals surface area contributed by atoms with Crippen molar-refractivity contribution in [3.8, 4) is 11.1 Å². The highest BCUT2D eigenvalue weighted by molar-refractivity contribution is 7.91. The highest BCUT2D eigenvalue weighted by Gasteiger charge is 2.32. The third-order valence-corrected chi connectivity index (χ3v) is 7.62. The van der Waals surface area contributed by atoms with Crippen LogP contribution >= 0.6 is 0 Å². The first-order valence-corrected chi connectivity index (χ1v) is 12.4. The van der Waals surface area contributed by atoms with E-state index < -0.39 is 27.9 Å². The van der Waals surface area contributed by atoms with Gasteiger partial charge < -0.3 is 20.1 Å². The van der Waals surface area contributed by atoms with Crippen LogP contribution in [0.15, 0.2) is 48.5 Å². The van der Waals surface area contributed by atoms with E-state index in [0.29, 0.717) is 0 Å². The molecule has 1 aliphatic carbocycles. The lowest BCUT2D eigenvalue weighted by Crippen LogP contribution is -2.53. The Morgan fingerprint density at radius 1 is 1.03 bits per heavy atom. The number of carbonyl (C=O) groups is 2. The molecule has 1 aliphatic heterocycles. The van der Waals surface area contributed by atoms with E-state index in [4.69, 9.17) is 4.74 Å². The van der Waals surface area contributed by atoms with Crippen LogP contribution in [-0.4, -0.2) is 74.3 Å². The minimum Gasteiger partial charge on any atom is -0.449 e. The first-order valence-electron chi connectivity index (χ1n) is 10.6. The maximum atomic E-state index is 12.8. The van der Waals surface area contributed by atoms with Gasteiger partial charge in [0.15, 0.2) is 9.84 Å². The largest absolute Gasteiger partial charge is 0.449 e. The van der Waals surface area contributed by atoms with Crippen molar-refractivity contribution in [2.45, 2.75) is 18.4 Å². The summed E-state index contributed by atoms with van der Waals surface area (Å²) in [6.45, 7) is -0.0288. The predicted molar refractivity (Wildman–Crippen MR) is 119 cm³/mol. The molecule has 32 heavy (non-hydrogen) atoms. The molecule has 170 valence electrons. The summed E-state index contributed by atoms with van der Waals surface area (Å²) in [5.41, 5.74) is 4.40. The fourth-order valence-electron chi connectivity index (χ4n) is 4.32. The summed E-state index contributed by atoms with van der Waals surface area (Å²) in [4.78, 5) is 26.7. The van der Waals surface area contributed by atoms with Crippen molar-refractivity contribution in [3.63, 3.8) is 0 Å². The molecule has 0 bridgehead atoms. The summed E-state index contributed by atoms with van der Waals surface area (Å²) in [6.07, 6.45) is -0.727. The van der Waals surface area contributed by atoms with Crippen LogP contribution in [0.5, 0.6) is 0 Å². The third-order valence-electron chi connectivity index (χ3n) is 6.01. The second kappa shape index (κ2) is 9.30. The van der Waals surface area contributed by atoms with E-state index in [2.05, 4.69) is 5.32 Å². The molecule has 0 saturated carbocycles. The average Bonchev–Trinajstić information content (AvgIpc) is 3.11. The highest BCUT2D eigenvalue weighted by atomic mass is 32.2. The molecule has 0 spiro atoms. The second-order valence-electron chi connectivity index (χ2n) is 8.01. The van der Waals surface area contributed by atoms with Crippen molar-refractivity contribution < 1.29 is 27.9 Å². The van der Waals surface area contributed by atoms with Gasteiger partial charge in [-0.1, -0.05) is 48.5 Å². The molecular formula is C23H26N2O6S. The van der Waals surface area contributed by atoms with Crippen molar-refractivity contribution >= 4 is 21.8 Å². The van der Waals surface area contributed by atoms with E-state index in [1.165, 1.54) is 4.90 Å². The van der Waals surface area contributed by atoms with Crippen molar-refractivity contribution in [1.82, 2.24) is 10.2 Å². The minimum absolute atomic E-state index is 0.0201. The number of benzene rings is 2. The van der Waals surface area contributed by atoms with E-state index >= 15 is 0 Å². The molecule has 0 unspecified atom stereocenters. The number of amides is 2. The molecule has 1 fully saturated rings. The lowest BCUT2D eigenvalue weighted by molar-refractivity contribution is -0.133. The lowest BCUT2D eigenvalue weighted by atomic mass is 9.98. The highest BCUT2D eigenvalue weighted by Crippen LogP contribution is 2.44. The van der Waals surface area contributed by atoms with Crippen LogP contribution in [0.4, 0.5) is 4.79 Å². The maximum Gasteiger partial charge on any atom is 0.407 e. The summed E-state index contributed by atoms with van der Waals surface area (Å²) in [6, 6.07) is 15.0. The van der Waals surface area contributed by atoms with Gasteiger partial charge >= 0.3 is 6.09 Å². The second-order valence-corrected chi connectivity index (χ2v) is 10.3. The van der Waals surface area contributed by atoms with Crippen LogP contribution in [0, 0.1) is 0 Å². The SMILES string of the molecule is O=C(N[C@@H](CCO)C(=O)N1CCS(=O)(=O)CC1)OCC1c2ccccc2-c2ccccc21. The van der Waals surface area contributed by atoms with Gasteiger partial charge in [-0.2, -0.15) is 0 Å². The number of fused-ring (bicyclic) bond motifs is 3. The van der Waals surface area contributed by atoms with Crippen LogP contribution in [0.1, 0.15) is 23.5 Å². The fourth-order valence-corrected chi connectivity index (χ4v) is 5.52. The summed E-state index contributed by atoms with van der Waals surface area (Å²) in [5.74, 6) is -0.722. The van der Waals surface area contributed by atoms with Gasteiger partial charge in [0.05, 0.1) is 11.5 Å². The van der Waals surface area contributed by atoms with Gasteiger partial charge in [-0.15, -0.1) is 0 Å². The molecule has 8 nitrogen and oxygen atoms in total. The van der Waals surface area contributed by atoms with Gasteiger partial charge in [0, 0.05) is 25.6 Å². The molecule has 9 heteroatoms. The van der Waals surface area contributed by atoms with E-state index in [9.17, 15) is 23.1 Å². The molecule has 2 aliphatic rings. The molecule has 2 aromatic rings. The lowest BCUT2D eigenvalue weighted by Gasteiger charge is -2.30. The smallest absolute Gasteiger partial charge is 0.407 e. The van der Waals surface area contributed by atoms with Crippen LogP contribution < -0.4 is 5.32 Å². The topological polar surface area (TPSA) is 113 Å². The fraction of sp³-hybridized carbons (Fsp3) is 0.391. The quantitative estimate of drug-likeness (QED) is 0.679. The molecule has 0 aromatic heterocycles. The molecule has 1 heterocycles. The Morgan fingerprint density at radius 2 is 1.59 bits per heavy atom. The number of aliphatic hydroxyl groups excluding tert-OH is 1. The number of rotatable bonds is 6. The number of ether oxygens (including phenoxy) is 1. The number of hydrogen-bond acceptors (Lipinski definition) is 6. The Kier molecular flexibility index (Phi) is 6.48. The Morgan fingerprint density at radius 3 is 2.16 bits per heavy atom. The number of hydrogen-bond donors (Lipinski definition) is 2. The van der Waals surface area contributed by atoms with Crippen molar-refractivity contribution in [1.29, 1.82) is 0 Å². The van der Waals surface area contributed by atoms with E-state index in [1.54, 1.807) is 0 Å². The molecule has 2 amide bonds. The molecule has 0 radical (unpaired) electrons. The number of nitrogens with one attached hydrogen (secondary N) is 1. The van der Waals surface area contributed by atoms with E-state index in [0.717, 1.165) is 22.3 Å². The average molecular weight is 459 g/mol. The van der Waals surface area contributed by atoms with Crippen LogP contribution in [0.25, 0.3) is 11.1 Å². The van der Waals surface area contributed by atoms with Gasteiger partial charge in [0.25, 0.3) is 0 Å². The van der Waals surface area contributed by atoms with Gasteiger partial charge in [-0.05, 0) is 28.7 Å². The monoisotopic (exact) mass is 458 g/mol. The van der Waals surface area contributed by atoms with Crippen molar-refractivity contribution in [2.24, 2.45) is 0 Å². The number of nitrogens with zero attached hydrogens (tertiary/aromatic N) is 1. The molecule has 2 N–H and O–H groups in total. The predicted octanol–water partition coefficient (Wildman–Crippen LogP) is 1.53. The molecule has 1 saturated heterocycles. The summed E-state index contributed by atoms with van der Waals surface area (Å²) in [5, 5.41) is 11.9. The minimum atomic E-state index is -3.13. The number of aliphatic hydroxyl groups is 1. The van der Waals surface area contributed by atoms with E-state index in [1.807, 2.05) is 48.5 Å². The molecular weight excluding hydrogens is 432 g/mol. The first kappa shape index (κ1) is 22.3. The molecule has 4 rings (SSSR count). The zero-order chi connectivity index (χ0) is 22.7. The van der Waals surface area contributed by atoms with Gasteiger partial charge in [-0.3, -0.25) is 4.79 Å². The van der Waals surface area contributed by atoms with Gasteiger partial charge in [-0.25, -0.2) is 13.2 Å². The van der Waals surface area contributed by atoms with Crippen molar-refractivity contribution in [3.05, 3.63) is 59.7 Å². The van der Waals surface area contributed by atoms with Crippen LogP contribution in [-0.2, 0) is 19.4 Å². The number of carbonyl (C=O) groups excluding carboxylic acids is 2. The Balaban J connectivity index is 1.40. The van der Waals surface area contributed by atoms with Gasteiger partial charge in [0.2, 0.25) is 5.91 Å². The van der Waals surface area contributed by atoms with Crippen molar-refractivity contribution in [2.75, 3.05) is 37.8 Å². The summed E-state index contributed by atoms with van der Waals surface area (Å²) >= 11 is 0. The van der Waals surface area contributed by atoms with E-state index in [-0.39, 0.29) is 50.1 Å². The van der Waals surface area contributed by atoms with Gasteiger partial charge in [0.1, 0.15) is 12.6 Å². The molecule has 1 atom stereocenters. The molecule has 2 aromatic carbocycles. The normalized spacial score (nSPS) is 17.8.